The minimum atomic E-state index is -0.401. The molecule has 138 valence electrons. The number of rotatable bonds is 5. The molecule has 0 bridgehead atoms. The Morgan fingerprint density at radius 3 is 2.41 bits per heavy atom. The predicted molar refractivity (Wildman–Crippen MR) is 96.5 cm³/mol. The number of non-ortho nitro benzene ring substituents is 1. The van der Waals surface area contributed by atoms with E-state index in [9.17, 15) is 10.1 Å². The van der Waals surface area contributed by atoms with Crippen molar-refractivity contribution in [1.82, 2.24) is 25.1 Å². The van der Waals surface area contributed by atoms with Gasteiger partial charge in [0.15, 0.2) is 5.82 Å². The Morgan fingerprint density at radius 1 is 1.04 bits per heavy atom. The van der Waals surface area contributed by atoms with Crippen LogP contribution >= 0.6 is 0 Å². The average Bonchev–Trinajstić information content (AvgIpc) is 3.19. The normalized spacial score (nSPS) is 16.1. The summed E-state index contributed by atoms with van der Waals surface area (Å²) in [4.78, 5) is 12.8. The Bertz CT molecular complexity index is 906. The molecule has 1 aliphatic rings. The number of aromatic nitrogens is 4. The highest BCUT2D eigenvalue weighted by Gasteiger charge is 2.30. The number of para-hydroxylation sites is 1. The molecule has 1 aliphatic heterocycles. The van der Waals surface area contributed by atoms with Crippen LogP contribution in [0.5, 0.6) is 0 Å². The van der Waals surface area contributed by atoms with Crippen LogP contribution in [0.3, 0.4) is 0 Å². The number of benzene rings is 2. The summed E-state index contributed by atoms with van der Waals surface area (Å²) in [7, 11) is 0. The zero-order valence-electron chi connectivity index (χ0n) is 14.5. The second kappa shape index (κ2) is 7.60. The Labute approximate surface area is 155 Å². The van der Waals surface area contributed by atoms with Gasteiger partial charge in [-0.25, -0.2) is 0 Å². The van der Waals surface area contributed by atoms with Crippen molar-refractivity contribution >= 4 is 5.69 Å². The van der Waals surface area contributed by atoms with Crippen LogP contribution in [0.1, 0.15) is 17.4 Å². The molecule has 2 heterocycles. The molecule has 9 heteroatoms. The molecule has 1 fully saturated rings. The number of nitro benzene ring substituents is 1. The van der Waals surface area contributed by atoms with Crippen LogP contribution < -0.4 is 0 Å². The van der Waals surface area contributed by atoms with Gasteiger partial charge in [-0.05, 0) is 28.1 Å². The van der Waals surface area contributed by atoms with E-state index in [0.29, 0.717) is 19.0 Å². The van der Waals surface area contributed by atoms with Crippen molar-refractivity contribution in [2.24, 2.45) is 0 Å². The highest BCUT2D eigenvalue weighted by molar-refractivity contribution is 5.38. The van der Waals surface area contributed by atoms with Crippen molar-refractivity contribution in [1.29, 1.82) is 0 Å². The number of nitrogens with zero attached hydrogens (tertiary/aromatic N) is 6. The SMILES string of the molecule is O=[N+]([O-])c1ccc([C@H](c2nnnn2-c2ccccc2)N2CCOCC2)cc1. The third-order valence-electron chi connectivity index (χ3n) is 4.57. The number of hydrogen-bond acceptors (Lipinski definition) is 7. The zero-order valence-corrected chi connectivity index (χ0v) is 14.5. The van der Waals surface area contributed by atoms with Gasteiger partial charge in [0.25, 0.3) is 5.69 Å². The zero-order chi connectivity index (χ0) is 18.6. The van der Waals surface area contributed by atoms with E-state index in [4.69, 9.17) is 4.74 Å². The quantitative estimate of drug-likeness (QED) is 0.503. The summed E-state index contributed by atoms with van der Waals surface area (Å²) in [5, 5.41) is 23.3. The first-order valence-corrected chi connectivity index (χ1v) is 8.64. The van der Waals surface area contributed by atoms with E-state index >= 15 is 0 Å². The second-order valence-corrected chi connectivity index (χ2v) is 6.18. The molecule has 0 saturated carbocycles. The Morgan fingerprint density at radius 2 is 1.74 bits per heavy atom. The van der Waals surface area contributed by atoms with Gasteiger partial charge in [-0.1, -0.05) is 30.3 Å². The van der Waals surface area contributed by atoms with Gasteiger partial charge in [-0.15, -0.1) is 5.10 Å². The van der Waals surface area contributed by atoms with E-state index in [1.807, 2.05) is 30.3 Å². The van der Waals surface area contributed by atoms with Crippen LogP contribution in [0.4, 0.5) is 5.69 Å². The summed E-state index contributed by atoms with van der Waals surface area (Å²) in [6.45, 7) is 2.69. The van der Waals surface area contributed by atoms with Crippen molar-refractivity contribution in [3.63, 3.8) is 0 Å². The lowest BCUT2D eigenvalue weighted by molar-refractivity contribution is -0.384. The standard InChI is InChI=1S/C18H18N6O3/c25-24(26)16-8-6-14(7-9-16)17(22-10-12-27-13-11-22)18-19-20-21-23(18)15-4-2-1-3-5-15/h1-9,17H,10-13H2/t17-/m1/s1. The maximum atomic E-state index is 11.0. The second-order valence-electron chi connectivity index (χ2n) is 6.18. The molecule has 0 amide bonds. The van der Waals surface area contributed by atoms with Crippen LogP contribution in [-0.2, 0) is 4.74 Å². The molecule has 0 N–H and O–H groups in total. The van der Waals surface area contributed by atoms with Gasteiger partial charge in [0.05, 0.1) is 29.9 Å². The third kappa shape index (κ3) is 3.55. The molecule has 1 saturated heterocycles. The predicted octanol–water partition coefficient (Wildman–Crippen LogP) is 1.99. The fourth-order valence-corrected chi connectivity index (χ4v) is 3.25. The van der Waals surface area contributed by atoms with Gasteiger partial charge in [-0.2, -0.15) is 4.68 Å². The Balaban J connectivity index is 1.77. The maximum Gasteiger partial charge on any atom is 0.269 e. The number of tetrazole rings is 1. The number of hydrogen-bond donors (Lipinski definition) is 0. The monoisotopic (exact) mass is 366 g/mol. The third-order valence-corrected chi connectivity index (χ3v) is 4.57. The molecular weight excluding hydrogens is 348 g/mol. The average molecular weight is 366 g/mol. The van der Waals surface area contributed by atoms with Crippen LogP contribution in [0, 0.1) is 10.1 Å². The molecule has 1 aromatic heterocycles. The molecule has 9 nitrogen and oxygen atoms in total. The van der Waals surface area contributed by atoms with Crippen molar-refractivity contribution in [3.8, 4) is 5.69 Å². The Hall–Kier alpha value is -3.17. The highest BCUT2D eigenvalue weighted by atomic mass is 16.6. The van der Waals surface area contributed by atoms with E-state index in [2.05, 4.69) is 20.4 Å². The molecule has 0 aliphatic carbocycles. The number of ether oxygens (including phenoxy) is 1. The Kier molecular flexibility index (Phi) is 4.86. The largest absolute Gasteiger partial charge is 0.379 e. The van der Waals surface area contributed by atoms with Crippen molar-refractivity contribution in [2.45, 2.75) is 6.04 Å². The summed E-state index contributed by atoms with van der Waals surface area (Å²) < 4.78 is 7.19. The van der Waals surface area contributed by atoms with Crippen LogP contribution in [0.15, 0.2) is 54.6 Å². The van der Waals surface area contributed by atoms with Gasteiger partial charge in [0.1, 0.15) is 0 Å². The van der Waals surface area contributed by atoms with E-state index in [1.165, 1.54) is 12.1 Å². The fourth-order valence-electron chi connectivity index (χ4n) is 3.25. The first kappa shape index (κ1) is 17.3. The lowest BCUT2D eigenvalue weighted by atomic mass is 10.0. The highest BCUT2D eigenvalue weighted by Crippen LogP contribution is 2.30. The van der Waals surface area contributed by atoms with Gasteiger partial charge in [-0.3, -0.25) is 15.0 Å². The molecule has 27 heavy (non-hydrogen) atoms. The van der Waals surface area contributed by atoms with Gasteiger partial charge >= 0.3 is 0 Å². The minimum Gasteiger partial charge on any atom is -0.379 e. The number of morpholine rings is 1. The van der Waals surface area contributed by atoms with Gasteiger partial charge in [0, 0.05) is 25.2 Å². The summed E-state index contributed by atoms with van der Waals surface area (Å²) in [6, 6.07) is 16.0. The maximum absolute atomic E-state index is 11.0. The topological polar surface area (TPSA) is 99.2 Å². The molecule has 1 atom stereocenters. The lowest BCUT2D eigenvalue weighted by Gasteiger charge is -2.33. The van der Waals surface area contributed by atoms with Crippen molar-refractivity contribution in [2.75, 3.05) is 26.3 Å². The summed E-state index contributed by atoms with van der Waals surface area (Å²) in [5.74, 6) is 0.664. The van der Waals surface area contributed by atoms with Crippen LogP contribution in [0.2, 0.25) is 0 Å². The summed E-state index contributed by atoms with van der Waals surface area (Å²) in [6.07, 6.45) is 0. The van der Waals surface area contributed by atoms with E-state index in [-0.39, 0.29) is 11.7 Å². The van der Waals surface area contributed by atoms with Crippen LogP contribution in [-0.4, -0.2) is 56.3 Å². The summed E-state index contributed by atoms with van der Waals surface area (Å²) in [5.41, 5.74) is 1.81. The van der Waals surface area contributed by atoms with Crippen molar-refractivity contribution in [3.05, 3.63) is 76.1 Å². The summed E-state index contributed by atoms with van der Waals surface area (Å²) >= 11 is 0. The minimum absolute atomic E-state index is 0.0575. The first-order valence-electron chi connectivity index (χ1n) is 8.64. The smallest absolute Gasteiger partial charge is 0.269 e. The molecule has 3 aromatic rings. The molecule has 2 aromatic carbocycles. The first-order chi connectivity index (χ1) is 13.2. The van der Waals surface area contributed by atoms with Crippen molar-refractivity contribution < 1.29 is 9.66 Å². The van der Waals surface area contributed by atoms with Crippen LogP contribution in [0.25, 0.3) is 5.69 Å². The molecule has 0 spiro atoms. The lowest BCUT2D eigenvalue weighted by Crippen LogP contribution is -2.40. The molecule has 0 unspecified atom stereocenters. The van der Waals surface area contributed by atoms with Gasteiger partial charge < -0.3 is 4.74 Å². The fraction of sp³-hybridized carbons (Fsp3) is 0.278. The molecular formula is C18H18N6O3. The van der Waals surface area contributed by atoms with E-state index in [1.54, 1.807) is 16.8 Å². The van der Waals surface area contributed by atoms with E-state index < -0.39 is 4.92 Å². The van der Waals surface area contributed by atoms with E-state index in [0.717, 1.165) is 24.3 Å². The molecule has 4 rings (SSSR count). The number of nitro groups is 1. The molecule has 0 radical (unpaired) electrons. The van der Waals surface area contributed by atoms with Gasteiger partial charge in [0.2, 0.25) is 0 Å².